The van der Waals surface area contributed by atoms with Crippen LogP contribution in [0.25, 0.3) is 0 Å². The first-order chi connectivity index (χ1) is 7.36. The molecule has 1 rings (SSSR count). The van der Waals surface area contributed by atoms with E-state index in [0.29, 0.717) is 16.9 Å². The predicted molar refractivity (Wildman–Crippen MR) is 66.5 cm³/mol. The maximum absolute atomic E-state index is 11.3. The molecule has 4 heteroatoms. The van der Waals surface area contributed by atoms with Gasteiger partial charge in [-0.25, -0.2) is 8.42 Å². The highest BCUT2D eigenvalue weighted by molar-refractivity contribution is 7.90. The third-order valence-corrected chi connectivity index (χ3v) is 4.17. The van der Waals surface area contributed by atoms with Crippen molar-refractivity contribution in [2.24, 2.45) is 0 Å². The molecule has 90 valence electrons. The Hall–Kier alpha value is -0.870. The molecule has 2 unspecified atom stereocenters. The summed E-state index contributed by atoms with van der Waals surface area (Å²) in [6.07, 6.45) is 1.22. The van der Waals surface area contributed by atoms with Crippen molar-refractivity contribution in [1.29, 1.82) is 0 Å². The molecule has 0 aromatic heterocycles. The average Bonchev–Trinajstić information content (AvgIpc) is 2.26. The summed E-state index contributed by atoms with van der Waals surface area (Å²) < 4.78 is 22.6. The molecule has 0 spiro atoms. The predicted octanol–water partition coefficient (Wildman–Crippen LogP) is 1.80. The molecule has 0 heterocycles. The number of sulfone groups is 1. The summed E-state index contributed by atoms with van der Waals surface area (Å²) in [6, 6.07) is 7.47. The molecule has 0 bridgehead atoms. The van der Waals surface area contributed by atoms with E-state index in [1.54, 1.807) is 12.1 Å². The second-order valence-electron chi connectivity index (χ2n) is 4.21. The van der Waals surface area contributed by atoms with E-state index in [-0.39, 0.29) is 0 Å². The van der Waals surface area contributed by atoms with Gasteiger partial charge in [-0.1, -0.05) is 19.1 Å². The van der Waals surface area contributed by atoms with Gasteiger partial charge in [0.2, 0.25) is 0 Å². The first kappa shape index (κ1) is 13.2. The summed E-state index contributed by atoms with van der Waals surface area (Å²) in [6.45, 7) is 4.23. The average molecular weight is 241 g/mol. The Kier molecular flexibility index (Phi) is 4.10. The maximum atomic E-state index is 11.3. The minimum absolute atomic E-state index is 0.360. The zero-order chi connectivity index (χ0) is 12.3. The molecule has 1 N–H and O–H groups in total. The number of benzene rings is 1. The summed E-state index contributed by atoms with van der Waals surface area (Å²) in [5.41, 5.74) is 1.15. The van der Waals surface area contributed by atoms with Crippen LogP contribution in [0.1, 0.15) is 25.3 Å². The van der Waals surface area contributed by atoms with Crippen LogP contribution in [0.15, 0.2) is 29.2 Å². The van der Waals surface area contributed by atoms with Crippen molar-refractivity contribution in [3.05, 3.63) is 29.8 Å². The van der Waals surface area contributed by atoms with Gasteiger partial charge in [-0.3, -0.25) is 0 Å². The molecular weight excluding hydrogens is 222 g/mol. The maximum Gasteiger partial charge on any atom is 0.175 e. The number of hydrogen-bond donors (Lipinski definition) is 1. The van der Waals surface area contributed by atoms with Gasteiger partial charge in [-0.05, 0) is 37.6 Å². The van der Waals surface area contributed by atoms with Crippen LogP contribution < -0.4 is 5.32 Å². The molecule has 0 radical (unpaired) electrons. The van der Waals surface area contributed by atoms with Gasteiger partial charge in [-0.15, -0.1) is 0 Å². The summed E-state index contributed by atoms with van der Waals surface area (Å²) >= 11 is 0. The zero-order valence-electron chi connectivity index (χ0n) is 10.2. The molecule has 3 nitrogen and oxygen atoms in total. The standard InChI is InChI=1S/C12H19NO2S/c1-9(10(2)13-3)11-5-7-12(8-6-11)16(4,14)15/h5-10,13H,1-4H3. The second-order valence-corrected chi connectivity index (χ2v) is 6.22. The van der Waals surface area contributed by atoms with E-state index in [4.69, 9.17) is 0 Å². The summed E-state index contributed by atoms with van der Waals surface area (Å²) in [7, 11) is -1.16. The lowest BCUT2D eigenvalue weighted by atomic mass is 9.95. The second kappa shape index (κ2) is 4.97. The topological polar surface area (TPSA) is 46.2 Å². The normalized spacial score (nSPS) is 15.8. The number of likely N-dealkylation sites (N-methyl/N-ethyl adjacent to an activating group) is 1. The fraction of sp³-hybridized carbons (Fsp3) is 0.500. The van der Waals surface area contributed by atoms with Crippen molar-refractivity contribution in [3.8, 4) is 0 Å². The highest BCUT2D eigenvalue weighted by Crippen LogP contribution is 2.20. The van der Waals surface area contributed by atoms with E-state index in [0.717, 1.165) is 5.56 Å². The minimum Gasteiger partial charge on any atom is -0.317 e. The van der Waals surface area contributed by atoms with Crippen LogP contribution in [-0.4, -0.2) is 27.8 Å². The lowest BCUT2D eigenvalue weighted by molar-refractivity contribution is 0.524. The lowest BCUT2D eigenvalue weighted by Crippen LogP contribution is -2.27. The SMILES string of the molecule is CNC(C)C(C)c1ccc(S(C)(=O)=O)cc1. The molecule has 0 amide bonds. The largest absolute Gasteiger partial charge is 0.317 e. The van der Waals surface area contributed by atoms with E-state index >= 15 is 0 Å². The van der Waals surface area contributed by atoms with Gasteiger partial charge in [-0.2, -0.15) is 0 Å². The first-order valence-electron chi connectivity index (χ1n) is 5.33. The van der Waals surface area contributed by atoms with Gasteiger partial charge in [0, 0.05) is 12.3 Å². The Morgan fingerprint density at radius 2 is 1.62 bits per heavy atom. The Balaban J connectivity index is 2.96. The summed E-state index contributed by atoms with van der Waals surface area (Å²) in [5, 5.41) is 3.19. The van der Waals surface area contributed by atoms with Crippen LogP contribution in [0, 0.1) is 0 Å². The smallest absolute Gasteiger partial charge is 0.175 e. The lowest BCUT2D eigenvalue weighted by Gasteiger charge is -2.19. The fourth-order valence-corrected chi connectivity index (χ4v) is 2.19. The van der Waals surface area contributed by atoms with E-state index < -0.39 is 9.84 Å². The molecule has 1 aromatic carbocycles. The zero-order valence-corrected chi connectivity index (χ0v) is 11.0. The van der Waals surface area contributed by atoms with Crippen LogP contribution >= 0.6 is 0 Å². The summed E-state index contributed by atoms with van der Waals surface area (Å²) in [5.74, 6) is 0.360. The first-order valence-corrected chi connectivity index (χ1v) is 7.22. The van der Waals surface area contributed by atoms with Gasteiger partial charge in [0.15, 0.2) is 9.84 Å². The van der Waals surface area contributed by atoms with E-state index in [9.17, 15) is 8.42 Å². The fourth-order valence-electron chi connectivity index (χ4n) is 1.56. The van der Waals surface area contributed by atoms with E-state index in [1.807, 2.05) is 19.2 Å². The van der Waals surface area contributed by atoms with Crippen molar-refractivity contribution in [2.45, 2.75) is 30.7 Å². The number of nitrogens with one attached hydrogen (secondary N) is 1. The van der Waals surface area contributed by atoms with Gasteiger partial charge >= 0.3 is 0 Å². The van der Waals surface area contributed by atoms with Crippen molar-refractivity contribution >= 4 is 9.84 Å². The Labute approximate surface area is 97.8 Å². The van der Waals surface area contributed by atoms with E-state index in [1.165, 1.54) is 6.26 Å². The van der Waals surface area contributed by atoms with Crippen LogP contribution in [0.5, 0.6) is 0 Å². The summed E-state index contributed by atoms with van der Waals surface area (Å²) in [4.78, 5) is 0.376. The highest BCUT2D eigenvalue weighted by atomic mass is 32.2. The molecule has 0 saturated carbocycles. The van der Waals surface area contributed by atoms with Gasteiger partial charge in [0.05, 0.1) is 4.90 Å². The van der Waals surface area contributed by atoms with E-state index in [2.05, 4.69) is 19.2 Å². The molecule has 0 aliphatic heterocycles. The molecule has 0 saturated heterocycles. The Morgan fingerprint density at radius 1 is 1.12 bits per heavy atom. The molecule has 16 heavy (non-hydrogen) atoms. The Bertz CT molecular complexity index is 437. The number of rotatable bonds is 4. The van der Waals surface area contributed by atoms with Gasteiger partial charge in [0.25, 0.3) is 0 Å². The van der Waals surface area contributed by atoms with Gasteiger partial charge in [0.1, 0.15) is 0 Å². The van der Waals surface area contributed by atoms with Crippen LogP contribution in [0.4, 0.5) is 0 Å². The molecule has 1 aromatic rings. The van der Waals surface area contributed by atoms with Crippen molar-refractivity contribution in [3.63, 3.8) is 0 Å². The third-order valence-electron chi connectivity index (χ3n) is 3.04. The van der Waals surface area contributed by atoms with Crippen molar-refractivity contribution in [1.82, 2.24) is 5.32 Å². The quantitative estimate of drug-likeness (QED) is 0.874. The van der Waals surface area contributed by atoms with Gasteiger partial charge < -0.3 is 5.32 Å². The Morgan fingerprint density at radius 3 is 2.00 bits per heavy atom. The van der Waals surface area contributed by atoms with Crippen LogP contribution in [0.2, 0.25) is 0 Å². The minimum atomic E-state index is -3.09. The molecule has 0 fully saturated rings. The molecular formula is C12H19NO2S. The van der Waals surface area contributed by atoms with Crippen LogP contribution in [0.3, 0.4) is 0 Å². The van der Waals surface area contributed by atoms with Crippen molar-refractivity contribution < 1.29 is 8.42 Å². The molecule has 2 atom stereocenters. The monoisotopic (exact) mass is 241 g/mol. The van der Waals surface area contributed by atoms with Crippen molar-refractivity contribution in [2.75, 3.05) is 13.3 Å². The highest BCUT2D eigenvalue weighted by Gasteiger charge is 2.13. The molecule has 0 aliphatic rings. The molecule has 0 aliphatic carbocycles. The third kappa shape index (κ3) is 3.06. The van der Waals surface area contributed by atoms with Crippen LogP contribution in [-0.2, 0) is 9.84 Å². The number of hydrogen-bond acceptors (Lipinski definition) is 3.